The fraction of sp³-hybridized carbons (Fsp3) is 0.520. The number of likely N-dealkylation sites (tertiary alicyclic amines) is 1. The number of piperidine rings is 1. The van der Waals surface area contributed by atoms with Crippen LogP contribution in [0, 0.1) is 5.92 Å². The normalized spacial score (nSPS) is 25.4. The van der Waals surface area contributed by atoms with Crippen LogP contribution < -0.4 is 0 Å². The van der Waals surface area contributed by atoms with Gasteiger partial charge < -0.3 is 5.11 Å². The molecule has 0 unspecified atom stereocenters. The molecule has 4 rings (SSSR count). The molecule has 1 N–H and O–H groups in total. The highest BCUT2D eigenvalue weighted by atomic mass is 16.3. The minimum Gasteiger partial charge on any atom is -0.379 e. The third-order valence-electron chi connectivity index (χ3n) is 6.86. The molecule has 2 aliphatic rings. The molecule has 0 aromatic heterocycles. The smallest absolute Gasteiger partial charge is 0.130 e. The van der Waals surface area contributed by atoms with E-state index in [0.717, 1.165) is 24.1 Å². The molecule has 0 amide bonds. The average Bonchev–Trinajstić information content (AvgIpc) is 2.75. The lowest BCUT2D eigenvalue weighted by molar-refractivity contribution is -0.0705. The SMILES string of the molecule is C[C@@H]1CCN(C2CCCCC2)[C@H](C(O)(c2ccccc2)c2ccccc2)C1. The van der Waals surface area contributed by atoms with Crippen LogP contribution in [0.5, 0.6) is 0 Å². The molecule has 1 heterocycles. The summed E-state index contributed by atoms with van der Waals surface area (Å²) in [5.41, 5.74) is 1.08. The Balaban J connectivity index is 1.79. The summed E-state index contributed by atoms with van der Waals surface area (Å²) in [5.74, 6) is 0.647. The van der Waals surface area contributed by atoms with E-state index in [4.69, 9.17) is 0 Å². The van der Waals surface area contributed by atoms with Crippen LogP contribution in [-0.4, -0.2) is 28.6 Å². The number of hydrogen-bond donors (Lipinski definition) is 1. The summed E-state index contributed by atoms with van der Waals surface area (Å²) >= 11 is 0. The Hall–Kier alpha value is -1.64. The molecule has 2 aromatic carbocycles. The van der Waals surface area contributed by atoms with Gasteiger partial charge in [0.2, 0.25) is 0 Å². The Kier molecular flexibility index (Phi) is 5.66. The minimum absolute atomic E-state index is 0.133. The number of nitrogens with zero attached hydrogens (tertiary/aromatic N) is 1. The first-order chi connectivity index (χ1) is 13.2. The van der Waals surface area contributed by atoms with Crippen molar-refractivity contribution in [2.75, 3.05) is 6.54 Å². The van der Waals surface area contributed by atoms with Crippen molar-refractivity contribution in [2.45, 2.75) is 69.6 Å². The molecule has 0 bridgehead atoms. The molecular weight excluding hydrogens is 330 g/mol. The van der Waals surface area contributed by atoms with Crippen LogP contribution in [0.25, 0.3) is 0 Å². The summed E-state index contributed by atoms with van der Waals surface area (Å²) in [7, 11) is 0. The zero-order valence-corrected chi connectivity index (χ0v) is 16.6. The molecule has 2 fully saturated rings. The van der Waals surface area contributed by atoms with Crippen LogP contribution in [0.3, 0.4) is 0 Å². The summed E-state index contributed by atoms with van der Waals surface area (Å²) in [5, 5.41) is 12.4. The minimum atomic E-state index is -0.964. The molecule has 1 aliphatic heterocycles. The second-order valence-electron chi connectivity index (χ2n) is 8.67. The first kappa shape index (κ1) is 18.7. The van der Waals surface area contributed by atoms with Crippen molar-refractivity contribution in [2.24, 2.45) is 5.92 Å². The molecule has 27 heavy (non-hydrogen) atoms. The van der Waals surface area contributed by atoms with Crippen molar-refractivity contribution in [3.8, 4) is 0 Å². The molecule has 144 valence electrons. The van der Waals surface area contributed by atoms with Gasteiger partial charge in [0.15, 0.2) is 0 Å². The molecular formula is C25H33NO. The molecule has 1 saturated carbocycles. The fourth-order valence-electron chi connectivity index (χ4n) is 5.36. The molecule has 0 spiro atoms. The van der Waals surface area contributed by atoms with E-state index in [0.29, 0.717) is 12.0 Å². The summed E-state index contributed by atoms with van der Waals surface area (Å²) < 4.78 is 0. The Bertz CT molecular complexity index is 668. The zero-order chi connectivity index (χ0) is 18.7. The van der Waals surface area contributed by atoms with Crippen LogP contribution >= 0.6 is 0 Å². The van der Waals surface area contributed by atoms with Gasteiger partial charge in [-0.05, 0) is 49.3 Å². The number of rotatable bonds is 4. The lowest BCUT2D eigenvalue weighted by Crippen LogP contribution is -2.58. The monoisotopic (exact) mass is 363 g/mol. The molecule has 2 aromatic rings. The highest BCUT2D eigenvalue weighted by Crippen LogP contribution is 2.43. The highest BCUT2D eigenvalue weighted by molar-refractivity contribution is 5.38. The van der Waals surface area contributed by atoms with E-state index in [9.17, 15) is 5.11 Å². The predicted octanol–water partition coefficient (Wildman–Crippen LogP) is 5.36. The fourth-order valence-corrected chi connectivity index (χ4v) is 5.36. The standard InChI is InChI=1S/C25H33NO/c1-20-17-18-26(23-15-9-4-10-16-23)24(19-20)25(27,21-11-5-2-6-12-21)22-13-7-3-8-14-22/h2-3,5-8,11-14,20,23-24,27H,4,9-10,15-19H2,1H3/t20-,24+/m1/s1. The van der Waals surface area contributed by atoms with Crippen LogP contribution in [0.4, 0.5) is 0 Å². The van der Waals surface area contributed by atoms with Gasteiger partial charge in [-0.25, -0.2) is 0 Å². The van der Waals surface area contributed by atoms with Gasteiger partial charge >= 0.3 is 0 Å². The first-order valence-corrected chi connectivity index (χ1v) is 10.8. The van der Waals surface area contributed by atoms with Gasteiger partial charge in [-0.2, -0.15) is 0 Å². The first-order valence-electron chi connectivity index (χ1n) is 10.8. The van der Waals surface area contributed by atoms with E-state index < -0.39 is 5.60 Å². The Morgan fingerprint density at radius 2 is 1.37 bits per heavy atom. The van der Waals surface area contributed by atoms with E-state index in [-0.39, 0.29) is 6.04 Å². The van der Waals surface area contributed by atoms with Gasteiger partial charge in [0.1, 0.15) is 5.60 Å². The highest BCUT2D eigenvalue weighted by Gasteiger charge is 2.47. The molecule has 1 aliphatic carbocycles. The van der Waals surface area contributed by atoms with E-state index in [2.05, 4.69) is 60.4 Å². The average molecular weight is 364 g/mol. The molecule has 1 saturated heterocycles. The van der Waals surface area contributed by atoms with E-state index in [1.165, 1.54) is 38.5 Å². The maximum Gasteiger partial charge on any atom is 0.130 e. The van der Waals surface area contributed by atoms with Crippen molar-refractivity contribution in [3.63, 3.8) is 0 Å². The van der Waals surface area contributed by atoms with Crippen molar-refractivity contribution in [1.82, 2.24) is 4.90 Å². The molecule has 2 atom stereocenters. The van der Waals surface area contributed by atoms with Crippen molar-refractivity contribution in [1.29, 1.82) is 0 Å². The van der Waals surface area contributed by atoms with Crippen LogP contribution in [0.15, 0.2) is 60.7 Å². The summed E-state index contributed by atoms with van der Waals surface area (Å²) in [4.78, 5) is 2.68. The number of hydrogen-bond acceptors (Lipinski definition) is 2. The van der Waals surface area contributed by atoms with Gasteiger partial charge in [-0.15, -0.1) is 0 Å². The number of aliphatic hydroxyl groups is 1. The lowest BCUT2D eigenvalue weighted by Gasteiger charge is -2.51. The third-order valence-corrected chi connectivity index (χ3v) is 6.86. The van der Waals surface area contributed by atoms with E-state index in [1.54, 1.807) is 0 Å². The quantitative estimate of drug-likeness (QED) is 0.791. The second kappa shape index (κ2) is 8.16. The van der Waals surface area contributed by atoms with Gasteiger partial charge in [-0.1, -0.05) is 86.8 Å². The Morgan fingerprint density at radius 3 is 1.93 bits per heavy atom. The van der Waals surface area contributed by atoms with Crippen LogP contribution in [-0.2, 0) is 5.60 Å². The van der Waals surface area contributed by atoms with Crippen molar-refractivity contribution in [3.05, 3.63) is 71.8 Å². The van der Waals surface area contributed by atoms with Gasteiger partial charge in [-0.3, -0.25) is 4.90 Å². The van der Waals surface area contributed by atoms with E-state index in [1.807, 2.05) is 12.1 Å². The molecule has 2 heteroatoms. The molecule has 2 nitrogen and oxygen atoms in total. The van der Waals surface area contributed by atoms with Crippen LogP contribution in [0.1, 0.15) is 63.0 Å². The third kappa shape index (κ3) is 3.70. The predicted molar refractivity (Wildman–Crippen MR) is 112 cm³/mol. The Labute approximate surface area is 164 Å². The largest absolute Gasteiger partial charge is 0.379 e. The summed E-state index contributed by atoms with van der Waals surface area (Å²) in [6.07, 6.45) is 8.89. The lowest BCUT2D eigenvalue weighted by atomic mass is 9.73. The summed E-state index contributed by atoms with van der Waals surface area (Å²) in [6, 6.07) is 21.5. The van der Waals surface area contributed by atoms with Crippen LogP contribution in [0.2, 0.25) is 0 Å². The number of benzene rings is 2. The van der Waals surface area contributed by atoms with Gasteiger partial charge in [0.25, 0.3) is 0 Å². The van der Waals surface area contributed by atoms with Gasteiger partial charge in [0.05, 0.1) is 0 Å². The maximum atomic E-state index is 12.4. The topological polar surface area (TPSA) is 23.5 Å². The summed E-state index contributed by atoms with van der Waals surface area (Å²) in [6.45, 7) is 3.46. The van der Waals surface area contributed by atoms with Crippen molar-refractivity contribution >= 4 is 0 Å². The Morgan fingerprint density at radius 1 is 0.815 bits per heavy atom. The second-order valence-corrected chi connectivity index (χ2v) is 8.67. The zero-order valence-electron chi connectivity index (χ0n) is 16.6. The van der Waals surface area contributed by atoms with E-state index >= 15 is 0 Å². The van der Waals surface area contributed by atoms with Gasteiger partial charge in [0, 0.05) is 12.1 Å². The maximum absolute atomic E-state index is 12.4. The van der Waals surface area contributed by atoms with Crippen molar-refractivity contribution < 1.29 is 5.11 Å². The molecule has 0 radical (unpaired) electrons.